The normalized spacial score (nSPS) is 20.8. The summed E-state index contributed by atoms with van der Waals surface area (Å²) in [6.07, 6.45) is 9.50. The van der Waals surface area contributed by atoms with Crippen LogP contribution in [-0.2, 0) is 11.0 Å². The average Bonchev–Trinajstić information content (AvgIpc) is 3.14. The summed E-state index contributed by atoms with van der Waals surface area (Å²) in [5, 5.41) is 10.1. The number of Topliss-reactive ketones (excluding diaryl/α,β-unsaturated/α-hetero) is 1. The van der Waals surface area contributed by atoms with Gasteiger partial charge in [0.2, 0.25) is 0 Å². The number of rotatable bonds is 11. The first-order chi connectivity index (χ1) is 14.3. The van der Waals surface area contributed by atoms with Gasteiger partial charge in [-0.3, -0.25) is 0 Å². The van der Waals surface area contributed by atoms with Gasteiger partial charge < -0.3 is 14.6 Å². The molecule has 1 aromatic rings. The Morgan fingerprint density at radius 3 is 2.83 bits per heavy atom. The van der Waals surface area contributed by atoms with E-state index in [0.29, 0.717) is 18.3 Å². The zero-order chi connectivity index (χ0) is 22.0. The van der Waals surface area contributed by atoms with E-state index in [2.05, 4.69) is 12.2 Å². The highest BCUT2D eigenvalue weighted by Gasteiger charge is 2.30. The monoisotopic (exact) mass is 424 g/mol. The number of benzene rings is 1. The second kappa shape index (κ2) is 11.9. The van der Waals surface area contributed by atoms with Crippen LogP contribution in [0.15, 0.2) is 48.6 Å². The van der Waals surface area contributed by atoms with Crippen molar-refractivity contribution in [1.29, 1.82) is 0 Å². The van der Waals surface area contributed by atoms with Crippen molar-refractivity contribution >= 4 is 5.78 Å². The number of unbranched alkanes of at least 4 members (excludes halogenated alkanes) is 1. The Hall–Kier alpha value is -2.08. The number of allylic oxidation sites excluding steroid dienone is 3. The zero-order valence-corrected chi connectivity index (χ0v) is 17.4. The van der Waals surface area contributed by atoms with E-state index in [4.69, 9.17) is 4.74 Å². The number of ketones is 1. The first-order valence-electron chi connectivity index (χ1n) is 10.6. The maximum Gasteiger partial charge on any atom is 0.416 e. The second-order valence-electron chi connectivity index (χ2n) is 7.95. The summed E-state index contributed by atoms with van der Waals surface area (Å²) in [5.41, 5.74) is -0.770. The van der Waals surface area contributed by atoms with Crippen LogP contribution in [0.2, 0.25) is 0 Å². The van der Waals surface area contributed by atoms with Crippen LogP contribution in [0, 0.1) is 11.8 Å². The third-order valence-electron chi connectivity index (χ3n) is 5.39. The zero-order valence-electron chi connectivity index (χ0n) is 17.4. The maximum absolute atomic E-state index is 12.7. The number of hydrogen-bond donors (Lipinski definition) is 1. The Kier molecular flexibility index (Phi) is 9.63. The van der Waals surface area contributed by atoms with E-state index in [1.807, 2.05) is 6.08 Å². The molecule has 1 N–H and O–H groups in total. The Bertz CT molecular complexity index is 725. The van der Waals surface area contributed by atoms with Crippen molar-refractivity contribution < 1.29 is 27.8 Å². The Morgan fingerprint density at radius 1 is 1.30 bits per heavy atom. The van der Waals surface area contributed by atoms with Gasteiger partial charge in [-0.25, -0.2) is 0 Å². The van der Waals surface area contributed by atoms with Gasteiger partial charge in [0.15, 0.2) is 0 Å². The van der Waals surface area contributed by atoms with Gasteiger partial charge in [-0.05, 0) is 69.1 Å². The molecular weight excluding hydrogens is 393 g/mol. The molecule has 0 amide bonds. The number of alkyl halides is 3. The van der Waals surface area contributed by atoms with Crippen LogP contribution < -0.4 is 4.74 Å². The molecule has 1 aliphatic rings. The van der Waals surface area contributed by atoms with E-state index < -0.39 is 17.8 Å². The predicted molar refractivity (Wildman–Crippen MR) is 111 cm³/mol. The average molecular weight is 425 g/mol. The van der Waals surface area contributed by atoms with Gasteiger partial charge in [0.05, 0.1) is 5.56 Å². The van der Waals surface area contributed by atoms with E-state index in [0.717, 1.165) is 50.7 Å². The maximum atomic E-state index is 12.7. The van der Waals surface area contributed by atoms with Gasteiger partial charge in [-0.1, -0.05) is 36.8 Å². The first-order valence-corrected chi connectivity index (χ1v) is 10.6. The molecule has 1 fully saturated rings. The van der Waals surface area contributed by atoms with E-state index in [1.54, 1.807) is 13.0 Å². The predicted octanol–water partition coefficient (Wildman–Crippen LogP) is 6.12. The highest BCUT2D eigenvalue weighted by atomic mass is 19.4. The highest BCUT2D eigenvalue weighted by Crippen LogP contribution is 2.35. The van der Waals surface area contributed by atoms with Crippen molar-refractivity contribution in [3.8, 4) is 5.75 Å². The SMILES string of the molecule is CC(=O)CCC/C=C\C[C@H]1CCC[C@@H]1/C=C/[C@@H](O)COc1cccc(C(F)(F)F)c1. The summed E-state index contributed by atoms with van der Waals surface area (Å²) < 4.78 is 43.6. The number of carbonyl (C=O) groups is 1. The fraction of sp³-hybridized carbons (Fsp3) is 0.542. The summed E-state index contributed by atoms with van der Waals surface area (Å²) in [5.74, 6) is 1.22. The molecule has 0 aliphatic heterocycles. The number of carbonyl (C=O) groups excluding carboxylic acids is 1. The van der Waals surface area contributed by atoms with E-state index >= 15 is 0 Å². The molecular formula is C24H31F3O3. The molecule has 166 valence electrons. The lowest BCUT2D eigenvalue weighted by molar-refractivity contribution is -0.137. The summed E-state index contributed by atoms with van der Waals surface area (Å²) in [6, 6.07) is 4.66. The molecule has 0 aromatic heterocycles. The van der Waals surface area contributed by atoms with Crippen molar-refractivity contribution in [2.24, 2.45) is 11.8 Å². The van der Waals surface area contributed by atoms with Crippen LogP contribution in [0.4, 0.5) is 13.2 Å². The van der Waals surface area contributed by atoms with Crippen LogP contribution in [0.1, 0.15) is 57.4 Å². The Balaban J connectivity index is 1.76. The molecule has 0 saturated heterocycles. The van der Waals surface area contributed by atoms with Gasteiger partial charge in [-0.15, -0.1) is 0 Å². The molecule has 3 atom stereocenters. The third kappa shape index (κ3) is 8.74. The number of aliphatic hydroxyl groups excluding tert-OH is 1. The van der Waals surface area contributed by atoms with Crippen LogP contribution >= 0.6 is 0 Å². The number of hydrogen-bond acceptors (Lipinski definition) is 3. The molecule has 1 aromatic carbocycles. The van der Waals surface area contributed by atoms with Gasteiger partial charge in [-0.2, -0.15) is 13.2 Å². The van der Waals surface area contributed by atoms with Gasteiger partial charge in [0.1, 0.15) is 24.2 Å². The van der Waals surface area contributed by atoms with Crippen molar-refractivity contribution in [3.05, 3.63) is 54.1 Å². The molecule has 0 unspecified atom stereocenters. The summed E-state index contributed by atoms with van der Waals surface area (Å²) in [7, 11) is 0. The van der Waals surface area contributed by atoms with Crippen LogP contribution in [0.25, 0.3) is 0 Å². The molecule has 0 radical (unpaired) electrons. The largest absolute Gasteiger partial charge is 0.491 e. The third-order valence-corrected chi connectivity index (χ3v) is 5.39. The Morgan fingerprint density at radius 2 is 2.10 bits per heavy atom. The standard InChI is InChI=1S/C24H31F3O3/c1-18(28)8-4-2-3-5-9-19-10-6-11-20(19)14-15-22(29)17-30-23-13-7-12-21(16-23)24(25,26)27/h3,5,7,12-16,19-20,22,29H,2,4,6,8-11,17H2,1H3/b5-3-,15-14+/t19-,20+,22+/m0/s1. The molecule has 3 nitrogen and oxygen atoms in total. The number of aliphatic hydroxyl groups is 1. The molecule has 30 heavy (non-hydrogen) atoms. The minimum absolute atomic E-state index is 0.0888. The smallest absolute Gasteiger partial charge is 0.416 e. The van der Waals surface area contributed by atoms with Crippen LogP contribution in [0.3, 0.4) is 0 Å². The minimum Gasteiger partial charge on any atom is -0.491 e. The van der Waals surface area contributed by atoms with Crippen molar-refractivity contribution in [2.45, 2.75) is 64.1 Å². The van der Waals surface area contributed by atoms with Crippen molar-refractivity contribution in [3.63, 3.8) is 0 Å². The van der Waals surface area contributed by atoms with Crippen molar-refractivity contribution in [2.75, 3.05) is 6.61 Å². The lowest BCUT2D eigenvalue weighted by Crippen LogP contribution is -2.16. The van der Waals surface area contributed by atoms with E-state index in [-0.39, 0.29) is 18.1 Å². The number of ether oxygens (including phenoxy) is 1. The molecule has 1 aliphatic carbocycles. The molecule has 0 spiro atoms. The fourth-order valence-electron chi connectivity index (χ4n) is 3.74. The van der Waals surface area contributed by atoms with Gasteiger partial charge >= 0.3 is 6.18 Å². The molecule has 2 rings (SSSR count). The number of halogens is 3. The molecule has 0 bridgehead atoms. The van der Waals surface area contributed by atoms with Crippen LogP contribution in [-0.4, -0.2) is 23.6 Å². The molecule has 6 heteroatoms. The van der Waals surface area contributed by atoms with Crippen LogP contribution in [0.5, 0.6) is 5.75 Å². The summed E-state index contributed by atoms with van der Waals surface area (Å²) >= 11 is 0. The first kappa shape index (κ1) is 24.2. The fourth-order valence-corrected chi connectivity index (χ4v) is 3.74. The van der Waals surface area contributed by atoms with Gasteiger partial charge in [0, 0.05) is 6.42 Å². The lowest BCUT2D eigenvalue weighted by atomic mass is 9.92. The Labute approximate surface area is 176 Å². The molecule has 1 saturated carbocycles. The topological polar surface area (TPSA) is 46.5 Å². The van der Waals surface area contributed by atoms with E-state index in [9.17, 15) is 23.1 Å². The second-order valence-corrected chi connectivity index (χ2v) is 7.95. The highest BCUT2D eigenvalue weighted by molar-refractivity contribution is 5.75. The van der Waals surface area contributed by atoms with Crippen molar-refractivity contribution in [1.82, 2.24) is 0 Å². The van der Waals surface area contributed by atoms with Gasteiger partial charge in [0.25, 0.3) is 0 Å². The summed E-state index contributed by atoms with van der Waals surface area (Å²) in [6.45, 7) is 1.52. The summed E-state index contributed by atoms with van der Waals surface area (Å²) in [4.78, 5) is 10.9. The quantitative estimate of drug-likeness (QED) is 0.344. The minimum atomic E-state index is -4.42. The van der Waals surface area contributed by atoms with E-state index in [1.165, 1.54) is 12.1 Å². The molecule has 0 heterocycles. The lowest BCUT2D eigenvalue weighted by Gasteiger charge is -2.15.